The van der Waals surface area contributed by atoms with Crippen molar-refractivity contribution in [2.75, 3.05) is 0 Å². The summed E-state index contributed by atoms with van der Waals surface area (Å²) < 4.78 is 0. The summed E-state index contributed by atoms with van der Waals surface area (Å²) in [6.07, 6.45) is -1.83. The number of rotatable bonds is 0. The summed E-state index contributed by atoms with van der Waals surface area (Å²) in [6, 6.07) is 0. The van der Waals surface area contributed by atoms with E-state index < -0.39 is 36.8 Å². The van der Waals surface area contributed by atoms with E-state index in [0.717, 1.165) is 0 Å². The molecule has 0 aromatic carbocycles. The van der Waals surface area contributed by atoms with Crippen LogP contribution in [0.5, 0.6) is 0 Å². The van der Waals surface area contributed by atoms with E-state index in [0.29, 0.717) is 0 Å². The maximum absolute atomic E-state index is 8.56. The Bertz CT molecular complexity index is 58.8. The van der Waals surface area contributed by atoms with Gasteiger partial charge in [-0.25, -0.2) is 4.79 Å². The Morgan fingerprint density at radius 1 is 1.25 bits per heavy atom. The number of hydrogen-bond acceptors (Lipinski definition) is 1. The molecule has 0 aliphatic carbocycles. The van der Waals surface area contributed by atoms with Gasteiger partial charge in [0.1, 0.15) is 0 Å². The van der Waals surface area contributed by atoms with Crippen LogP contribution in [0.25, 0.3) is 0 Å². The van der Waals surface area contributed by atoms with E-state index >= 15 is 0 Å². The molecule has 8 heavy (non-hydrogen) atoms. The van der Waals surface area contributed by atoms with Gasteiger partial charge in [-0.2, -0.15) is 0 Å². The van der Waals surface area contributed by atoms with Gasteiger partial charge < -0.3 is 10.2 Å². The molecule has 0 saturated heterocycles. The zero-order chi connectivity index (χ0) is 7.15. The van der Waals surface area contributed by atoms with E-state index in [4.69, 9.17) is 31.9 Å². The van der Waals surface area contributed by atoms with Crippen molar-refractivity contribution < 1.29 is 45.7 Å². The van der Waals surface area contributed by atoms with Crippen molar-refractivity contribution in [1.82, 2.24) is 0 Å². The Labute approximate surface area is 67.4 Å². The third kappa shape index (κ3) is 139. The van der Waals surface area contributed by atoms with Crippen LogP contribution in [0.1, 0.15) is 0 Å². The number of carbonyl (C=O) groups is 1. The zero-order valence-electron chi connectivity index (χ0n) is 3.44. The molecule has 0 bridgehead atoms. The normalized spacial score (nSPS) is 6.38. The third-order valence-corrected chi connectivity index (χ3v) is 0. The summed E-state index contributed by atoms with van der Waals surface area (Å²) in [6.45, 7) is 0. The first-order chi connectivity index (χ1) is 3.46. The molecule has 0 heterocycles. The molecule has 0 atom stereocenters. The summed E-state index contributed by atoms with van der Waals surface area (Å²) in [5, 5.41) is 13.9. The molecule has 0 unspecified atom stereocenters. The van der Waals surface area contributed by atoms with Crippen LogP contribution >= 0.6 is 16.9 Å². The number of carboxylic acid groups (broad SMARTS) is 2. The van der Waals surface area contributed by atoms with E-state index in [2.05, 4.69) is 0 Å². The van der Waals surface area contributed by atoms with Crippen molar-refractivity contribution in [1.29, 1.82) is 0 Å². The van der Waals surface area contributed by atoms with Crippen LogP contribution in [0.3, 0.4) is 0 Å². The molecule has 0 rings (SSSR count). The molecular weight excluding hydrogens is 306 g/mol. The second-order valence-corrected chi connectivity index (χ2v) is 14.3. The predicted octanol–water partition coefficient (Wildman–Crippen LogP) is 2.29. The van der Waals surface area contributed by atoms with Crippen LogP contribution < -0.4 is 0 Å². The van der Waals surface area contributed by atoms with Crippen LogP contribution in [0, 0.1) is 30.7 Å². The molecule has 0 aromatic rings. The van der Waals surface area contributed by atoms with Crippen LogP contribution in [-0.2, 0) is 0 Å². The molecule has 0 aliphatic heterocycles. The summed E-state index contributed by atoms with van der Waals surface area (Å²) in [7, 11) is 0. The van der Waals surface area contributed by atoms with E-state index in [1.165, 1.54) is 0 Å². The van der Waals surface area contributed by atoms with E-state index in [1.807, 2.05) is 0 Å². The number of hydrogen-bond donors (Lipinski definition) is 2. The molecule has 0 saturated carbocycles. The first-order valence-corrected chi connectivity index (χ1v) is 13.0. The molecule has 0 fully saturated rings. The second-order valence-electron chi connectivity index (χ2n) is 0.497. The van der Waals surface area contributed by atoms with Gasteiger partial charge in [0.2, 0.25) is 0 Å². The van der Waals surface area contributed by atoms with Gasteiger partial charge in [-0.1, -0.05) is 0 Å². The van der Waals surface area contributed by atoms with Crippen LogP contribution in [0.15, 0.2) is 0 Å². The minimum absolute atomic E-state index is 1.83. The van der Waals surface area contributed by atoms with E-state index in [9.17, 15) is 0 Å². The van der Waals surface area contributed by atoms with Gasteiger partial charge in [-0.3, -0.25) is 0 Å². The summed E-state index contributed by atoms with van der Waals surface area (Å²) in [5.74, 6) is 0. The standard InChI is InChI=1S/CH2O3.Ce.3ClH/c2-1(3)4;;;;/h(H2,2,3,4);;3*1H/q;+3;;;/p-3. The van der Waals surface area contributed by atoms with E-state index in [-0.39, 0.29) is 0 Å². The Kier molecular flexibility index (Phi) is 13.0. The summed E-state index contributed by atoms with van der Waals surface area (Å²) >= 11 is -2.24. The molecule has 3 nitrogen and oxygen atoms in total. The molecule has 49 valence electrons. The molecule has 0 amide bonds. The monoisotopic (exact) mass is 307 g/mol. The Hall–Kier alpha value is 1.52. The Balaban J connectivity index is 0. The molecule has 2 N–H and O–H groups in total. The first-order valence-electron chi connectivity index (χ1n) is 1.22. The third-order valence-electron chi connectivity index (χ3n) is 0. The van der Waals surface area contributed by atoms with Crippen molar-refractivity contribution in [3.8, 4) is 0 Å². The predicted molar refractivity (Wildman–Crippen MR) is 28.2 cm³/mol. The van der Waals surface area contributed by atoms with Gasteiger partial charge in [0.05, 0.1) is 0 Å². The van der Waals surface area contributed by atoms with Gasteiger partial charge in [0, 0.05) is 0 Å². The van der Waals surface area contributed by atoms with Crippen LogP contribution in [0.4, 0.5) is 4.79 Å². The zero-order valence-corrected chi connectivity index (χ0v) is 8.84. The molecular formula is CH2CeCl3O3. The second kappa shape index (κ2) is 8.52. The summed E-state index contributed by atoms with van der Waals surface area (Å²) in [5.41, 5.74) is 15.1. The molecule has 0 aliphatic rings. The Morgan fingerprint density at radius 2 is 1.25 bits per heavy atom. The topological polar surface area (TPSA) is 57.5 Å². The first kappa shape index (κ1) is 12.2. The van der Waals surface area contributed by atoms with Crippen LogP contribution in [0.2, 0.25) is 0 Å². The average molecular weight is 308 g/mol. The van der Waals surface area contributed by atoms with Crippen LogP contribution in [-0.4, -0.2) is 16.4 Å². The molecule has 0 spiro atoms. The van der Waals surface area contributed by atoms with Gasteiger partial charge in [-0.05, 0) is 0 Å². The van der Waals surface area contributed by atoms with Crippen molar-refractivity contribution in [2.24, 2.45) is 0 Å². The quantitative estimate of drug-likeness (QED) is 0.722. The summed E-state index contributed by atoms with van der Waals surface area (Å²) in [4.78, 5) is 8.56. The van der Waals surface area contributed by atoms with Gasteiger partial charge in [0.15, 0.2) is 0 Å². The molecule has 0 radical (unpaired) electrons. The maximum atomic E-state index is 8.56. The van der Waals surface area contributed by atoms with Crippen molar-refractivity contribution in [2.45, 2.75) is 0 Å². The van der Waals surface area contributed by atoms with E-state index in [1.54, 1.807) is 0 Å². The Morgan fingerprint density at radius 3 is 1.25 bits per heavy atom. The number of halogens is 3. The SMILES string of the molecule is O=C(O)O.[Cl][Ce]([Cl])[Cl]. The minimum atomic E-state index is -2.24. The fourth-order valence-electron chi connectivity index (χ4n) is 0. The van der Waals surface area contributed by atoms with Gasteiger partial charge >= 0.3 is 53.7 Å². The van der Waals surface area contributed by atoms with Gasteiger partial charge in [-0.15, -0.1) is 0 Å². The molecule has 0 aromatic heterocycles. The van der Waals surface area contributed by atoms with Crippen molar-refractivity contribution in [3.05, 3.63) is 0 Å². The van der Waals surface area contributed by atoms with Crippen molar-refractivity contribution in [3.63, 3.8) is 0 Å². The fraction of sp³-hybridized carbons (Fsp3) is 0. The van der Waals surface area contributed by atoms with Gasteiger partial charge in [0.25, 0.3) is 0 Å². The fourth-order valence-corrected chi connectivity index (χ4v) is 0. The average Bonchev–Trinajstić information content (AvgIpc) is 1.25. The molecule has 7 heteroatoms. The van der Waals surface area contributed by atoms with Crippen molar-refractivity contribution >= 4 is 23.0 Å².